The van der Waals surface area contributed by atoms with Crippen LogP contribution in [0, 0.1) is 6.92 Å². The Kier molecular flexibility index (Phi) is 6.64. The summed E-state index contributed by atoms with van der Waals surface area (Å²) in [7, 11) is -1.93. The van der Waals surface area contributed by atoms with Crippen molar-refractivity contribution < 1.29 is 13.2 Å². The molecule has 3 aromatic rings. The number of sulfonamides is 1. The van der Waals surface area contributed by atoms with E-state index in [9.17, 15) is 8.42 Å². The number of hydrogen-bond donors (Lipinski definition) is 0. The molecule has 6 nitrogen and oxygen atoms in total. The van der Waals surface area contributed by atoms with Crippen LogP contribution in [0.1, 0.15) is 10.6 Å². The first kappa shape index (κ1) is 22.2. The lowest BCUT2D eigenvalue weighted by Crippen LogP contribution is -2.48. The summed E-state index contributed by atoms with van der Waals surface area (Å²) in [4.78, 5) is 7.29. The molecular weight excluding hydrogens is 454 g/mol. The second-order valence-corrected chi connectivity index (χ2v) is 10.8. The summed E-state index contributed by atoms with van der Waals surface area (Å²) < 4.78 is 32.9. The van der Waals surface area contributed by atoms with E-state index in [0.717, 1.165) is 21.8 Å². The average molecular weight is 478 g/mol. The Hall–Kier alpha value is -1.97. The van der Waals surface area contributed by atoms with Crippen LogP contribution in [0.5, 0.6) is 5.75 Å². The molecule has 2 aromatic carbocycles. The molecule has 1 saturated heterocycles. The standard InChI is InChI=1S/C22H24ClN3O3S2/c1-16-13-19(7-8-21(16)29-2)31(27,28)26-11-9-25(10-12-26)14-22-24-20(15-30-22)17-3-5-18(23)6-4-17/h3-8,13,15H,9-12,14H2,1-2H3. The van der Waals surface area contributed by atoms with Crippen LogP contribution < -0.4 is 4.74 Å². The lowest BCUT2D eigenvalue weighted by Gasteiger charge is -2.33. The van der Waals surface area contributed by atoms with Gasteiger partial charge in [0, 0.05) is 42.1 Å². The molecule has 31 heavy (non-hydrogen) atoms. The van der Waals surface area contributed by atoms with E-state index in [2.05, 4.69) is 4.90 Å². The number of ether oxygens (including phenoxy) is 1. The van der Waals surface area contributed by atoms with Crippen molar-refractivity contribution in [3.05, 3.63) is 63.4 Å². The molecule has 0 amide bonds. The minimum Gasteiger partial charge on any atom is -0.496 e. The van der Waals surface area contributed by atoms with E-state index in [-0.39, 0.29) is 0 Å². The fourth-order valence-electron chi connectivity index (χ4n) is 3.62. The summed E-state index contributed by atoms with van der Waals surface area (Å²) in [5.74, 6) is 0.685. The van der Waals surface area contributed by atoms with Gasteiger partial charge in [0.1, 0.15) is 10.8 Å². The van der Waals surface area contributed by atoms with Gasteiger partial charge in [-0.25, -0.2) is 13.4 Å². The van der Waals surface area contributed by atoms with Crippen molar-refractivity contribution >= 4 is 33.0 Å². The normalized spacial score (nSPS) is 15.8. The van der Waals surface area contributed by atoms with E-state index < -0.39 is 10.0 Å². The van der Waals surface area contributed by atoms with Gasteiger partial charge in [0.15, 0.2) is 0 Å². The summed E-state index contributed by atoms with van der Waals surface area (Å²) in [5, 5.41) is 3.77. The van der Waals surface area contributed by atoms with Crippen molar-refractivity contribution in [1.82, 2.24) is 14.2 Å². The van der Waals surface area contributed by atoms with Gasteiger partial charge in [-0.1, -0.05) is 23.7 Å². The molecule has 0 saturated carbocycles. The SMILES string of the molecule is COc1ccc(S(=O)(=O)N2CCN(Cc3nc(-c4ccc(Cl)cc4)cs3)CC2)cc1C. The number of hydrogen-bond acceptors (Lipinski definition) is 6. The second kappa shape index (κ2) is 9.26. The summed E-state index contributed by atoms with van der Waals surface area (Å²) >= 11 is 7.58. The van der Waals surface area contributed by atoms with Crippen LogP contribution in [0.25, 0.3) is 11.3 Å². The minimum absolute atomic E-state index is 0.312. The zero-order valence-electron chi connectivity index (χ0n) is 17.4. The van der Waals surface area contributed by atoms with Gasteiger partial charge in [0.25, 0.3) is 0 Å². The Balaban J connectivity index is 1.37. The predicted octanol–water partition coefficient (Wildman–Crippen LogP) is 4.29. The Bertz CT molecular complexity index is 1150. The van der Waals surface area contributed by atoms with E-state index in [4.69, 9.17) is 21.3 Å². The van der Waals surface area contributed by atoms with Crippen LogP contribution >= 0.6 is 22.9 Å². The molecule has 0 aliphatic carbocycles. The third-order valence-electron chi connectivity index (χ3n) is 5.39. The molecule has 2 heterocycles. The molecule has 9 heteroatoms. The number of benzene rings is 2. The number of methoxy groups -OCH3 is 1. The largest absolute Gasteiger partial charge is 0.496 e. The summed E-state index contributed by atoms with van der Waals surface area (Å²) in [6.45, 7) is 4.83. The average Bonchev–Trinajstić information content (AvgIpc) is 3.23. The van der Waals surface area contributed by atoms with Gasteiger partial charge in [-0.05, 0) is 42.8 Å². The van der Waals surface area contributed by atoms with Crippen molar-refractivity contribution in [3.63, 3.8) is 0 Å². The molecule has 0 spiro atoms. The van der Waals surface area contributed by atoms with Crippen LogP contribution in [0.4, 0.5) is 0 Å². The van der Waals surface area contributed by atoms with Gasteiger partial charge in [-0.3, -0.25) is 4.90 Å². The fraction of sp³-hybridized carbons (Fsp3) is 0.318. The third-order valence-corrected chi connectivity index (χ3v) is 8.37. The Labute approximate surface area is 192 Å². The van der Waals surface area contributed by atoms with Gasteiger partial charge >= 0.3 is 0 Å². The Morgan fingerprint density at radius 1 is 1.10 bits per heavy atom. The smallest absolute Gasteiger partial charge is 0.243 e. The van der Waals surface area contributed by atoms with Gasteiger partial charge in [-0.2, -0.15) is 4.31 Å². The Morgan fingerprint density at radius 2 is 1.81 bits per heavy atom. The van der Waals surface area contributed by atoms with Crippen molar-refractivity contribution in [2.75, 3.05) is 33.3 Å². The summed E-state index contributed by atoms with van der Waals surface area (Å²) in [5.41, 5.74) is 2.79. The molecular formula is C22H24ClN3O3S2. The quantitative estimate of drug-likeness (QED) is 0.530. The first-order chi connectivity index (χ1) is 14.9. The zero-order chi connectivity index (χ0) is 22.0. The molecule has 4 rings (SSSR count). The van der Waals surface area contributed by atoms with Crippen molar-refractivity contribution in [1.29, 1.82) is 0 Å². The van der Waals surface area contributed by atoms with Gasteiger partial charge in [0.2, 0.25) is 10.0 Å². The number of rotatable bonds is 6. The first-order valence-electron chi connectivity index (χ1n) is 9.94. The van der Waals surface area contributed by atoms with Crippen molar-refractivity contribution in [3.8, 4) is 17.0 Å². The van der Waals surface area contributed by atoms with Crippen LogP contribution in [0.15, 0.2) is 52.7 Å². The van der Waals surface area contributed by atoms with Crippen LogP contribution in [-0.2, 0) is 16.6 Å². The minimum atomic E-state index is -3.51. The highest BCUT2D eigenvalue weighted by atomic mass is 35.5. The molecule has 1 aliphatic rings. The summed E-state index contributed by atoms with van der Waals surface area (Å²) in [6, 6.07) is 12.6. The van der Waals surface area contributed by atoms with E-state index in [1.807, 2.05) is 36.6 Å². The number of halogens is 1. The molecule has 1 aromatic heterocycles. The molecule has 1 aliphatic heterocycles. The molecule has 164 valence electrons. The second-order valence-electron chi connectivity index (χ2n) is 7.45. The van der Waals surface area contributed by atoms with Gasteiger partial charge in [-0.15, -0.1) is 11.3 Å². The van der Waals surface area contributed by atoms with E-state index in [1.54, 1.807) is 41.0 Å². The van der Waals surface area contributed by atoms with Crippen LogP contribution in [0.3, 0.4) is 0 Å². The number of nitrogens with zero attached hydrogens (tertiary/aromatic N) is 3. The maximum atomic E-state index is 13.0. The predicted molar refractivity (Wildman–Crippen MR) is 124 cm³/mol. The van der Waals surface area contributed by atoms with Gasteiger partial charge < -0.3 is 4.74 Å². The highest BCUT2D eigenvalue weighted by Gasteiger charge is 2.29. The van der Waals surface area contributed by atoms with Crippen molar-refractivity contribution in [2.24, 2.45) is 0 Å². The molecule has 0 radical (unpaired) electrons. The zero-order valence-corrected chi connectivity index (χ0v) is 19.8. The van der Waals surface area contributed by atoms with Crippen LogP contribution in [0.2, 0.25) is 5.02 Å². The first-order valence-corrected chi connectivity index (χ1v) is 12.6. The lowest BCUT2D eigenvalue weighted by molar-refractivity contribution is 0.181. The van der Waals surface area contributed by atoms with E-state index >= 15 is 0 Å². The van der Waals surface area contributed by atoms with E-state index in [0.29, 0.717) is 48.4 Å². The summed E-state index contributed by atoms with van der Waals surface area (Å²) in [6.07, 6.45) is 0. The fourth-order valence-corrected chi connectivity index (χ4v) is 6.09. The molecule has 0 atom stereocenters. The lowest BCUT2D eigenvalue weighted by atomic mass is 10.2. The molecule has 0 N–H and O–H groups in total. The molecule has 0 bridgehead atoms. The number of aromatic nitrogens is 1. The topological polar surface area (TPSA) is 62.7 Å². The highest BCUT2D eigenvalue weighted by molar-refractivity contribution is 7.89. The number of aryl methyl sites for hydroxylation is 1. The van der Waals surface area contributed by atoms with Gasteiger partial charge in [0.05, 0.1) is 24.2 Å². The molecule has 1 fully saturated rings. The monoisotopic (exact) mass is 477 g/mol. The maximum absolute atomic E-state index is 13.0. The van der Waals surface area contributed by atoms with E-state index in [1.165, 1.54) is 0 Å². The third kappa shape index (κ3) is 4.94. The molecule has 0 unspecified atom stereocenters. The highest BCUT2D eigenvalue weighted by Crippen LogP contribution is 2.26. The maximum Gasteiger partial charge on any atom is 0.243 e. The Morgan fingerprint density at radius 3 is 2.45 bits per heavy atom. The number of thiazole rings is 1. The number of piperazine rings is 1. The van der Waals surface area contributed by atoms with Crippen LogP contribution in [-0.4, -0.2) is 55.9 Å². The van der Waals surface area contributed by atoms with Crippen molar-refractivity contribution in [2.45, 2.75) is 18.4 Å².